The molecule has 2 fully saturated rings. The molecule has 0 aromatic heterocycles. The number of carboxylic acid groups (broad SMARTS) is 1. The van der Waals surface area contributed by atoms with E-state index in [1.54, 1.807) is 0 Å². The Morgan fingerprint density at radius 2 is 2.06 bits per heavy atom. The predicted octanol–water partition coefficient (Wildman–Crippen LogP) is 1.91. The van der Waals surface area contributed by atoms with Gasteiger partial charge in [-0.3, -0.25) is 4.79 Å². The minimum absolute atomic E-state index is 0. The molecule has 3 nitrogen and oxygen atoms in total. The first-order valence-electron chi connectivity index (χ1n) is 5.28. The lowest BCUT2D eigenvalue weighted by molar-refractivity contribution is -0.167. The van der Waals surface area contributed by atoms with Crippen molar-refractivity contribution in [1.29, 1.82) is 0 Å². The Balaban J connectivity index is 0.00000128. The van der Waals surface area contributed by atoms with E-state index >= 15 is 0 Å². The quantitative estimate of drug-likeness (QED) is 0.753. The van der Waals surface area contributed by atoms with Crippen LogP contribution in [0.3, 0.4) is 0 Å². The number of hydrogen-bond donors (Lipinski definition) is 2. The number of rotatable bonds is 1. The van der Waals surface area contributed by atoms with E-state index in [0.29, 0.717) is 19.5 Å². The fourth-order valence-corrected chi connectivity index (χ4v) is 2.82. The van der Waals surface area contributed by atoms with E-state index in [4.69, 9.17) is 0 Å². The molecule has 16 heavy (non-hydrogen) atoms. The topological polar surface area (TPSA) is 49.3 Å². The molecule has 0 aromatic carbocycles. The summed E-state index contributed by atoms with van der Waals surface area (Å²) in [6, 6.07) is 0. The van der Waals surface area contributed by atoms with Crippen molar-refractivity contribution in [3.63, 3.8) is 0 Å². The molecule has 2 unspecified atom stereocenters. The lowest BCUT2D eigenvalue weighted by atomic mass is 9.62. The first-order valence-corrected chi connectivity index (χ1v) is 5.28. The maximum absolute atomic E-state index is 13.2. The average molecular weight is 256 g/mol. The van der Waals surface area contributed by atoms with Crippen molar-refractivity contribution < 1.29 is 18.7 Å². The number of alkyl halides is 2. The third-order valence-electron chi connectivity index (χ3n) is 3.80. The van der Waals surface area contributed by atoms with Crippen molar-refractivity contribution in [3.8, 4) is 0 Å². The normalized spacial score (nSPS) is 37.0. The van der Waals surface area contributed by atoms with Crippen LogP contribution in [0.25, 0.3) is 0 Å². The Kier molecular flexibility index (Phi) is 3.80. The molecule has 2 rings (SSSR count). The zero-order valence-electron chi connectivity index (χ0n) is 8.84. The standard InChI is InChI=1S/C10H15F2NO2.ClH/c11-10(12)3-2-9(8(14)15)6-13-4-1-7(9)5-10;/h7,13H,1-6H2,(H,14,15);1H. The van der Waals surface area contributed by atoms with E-state index in [0.717, 1.165) is 0 Å². The van der Waals surface area contributed by atoms with Gasteiger partial charge < -0.3 is 10.4 Å². The van der Waals surface area contributed by atoms with Gasteiger partial charge in [-0.15, -0.1) is 12.4 Å². The van der Waals surface area contributed by atoms with Gasteiger partial charge >= 0.3 is 5.97 Å². The Morgan fingerprint density at radius 1 is 1.38 bits per heavy atom. The molecule has 1 saturated heterocycles. The molecule has 0 radical (unpaired) electrons. The van der Waals surface area contributed by atoms with Crippen LogP contribution >= 0.6 is 12.4 Å². The van der Waals surface area contributed by atoms with Gasteiger partial charge in [-0.25, -0.2) is 8.78 Å². The lowest BCUT2D eigenvalue weighted by Gasteiger charge is -2.46. The first kappa shape index (κ1) is 13.6. The fourth-order valence-electron chi connectivity index (χ4n) is 2.82. The minimum Gasteiger partial charge on any atom is -0.481 e. The van der Waals surface area contributed by atoms with Crippen LogP contribution in [-0.4, -0.2) is 30.1 Å². The number of aliphatic carboxylic acids is 1. The van der Waals surface area contributed by atoms with Gasteiger partial charge in [-0.2, -0.15) is 0 Å². The lowest BCUT2D eigenvalue weighted by Crippen LogP contribution is -2.55. The number of fused-ring (bicyclic) bond motifs is 1. The second-order valence-corrected chi connectivity index (χ2v) is 4.68. The summed E-state index contributed by atoms with van der Waals surface area (Å²) in [7, 11) is 0. The number of piperidine rings is 1. The van der Waals surface area contributed by atoms with Crippen molar-refractivity contribution in [2.45, 2.75) is 31.6 Å². The third kappa shape index (κ3) is 2.15. The van der Waals surface area contributed by atoms with Crippen LogP contribution in [0, 0.1) is 11.3 Å². The highest BCUT2D eigenvalue weighted by atomic mass is 35.5. The molecular weight excluding hydrogens is 240 g/mol. The first-order chi connectivity index (χ1) is 6.96. The molecule has 0 amide bonds. The number of halogens is 3. The summed E-state index contributed by atoms with van der Waals surface area (Å²) in [6.45, 7) is 0.985. The molecule has 6 heteroatoms. The van der Waals surface area contributed by atoms with E-state index in [1.165, 1.54) is 0 Å². The van der Waals surface area contributed by atoms with Crippen molar-refractivity contribution in [2.75, 3.05) is 13.1 Å². The SMILES string of the molecule is Cl.O=C(O)C12CCC(F)(F)CC1CCNC2. The number of hydrogen-bond acceptors (Lipinski definition) is 2. The fraction of sp³-hybridized carbons (Fsp3) is 0.900. The molecule has 1 heterocycles. The van der Waals surface area contributed by atoms with Gasteiger partial charge in [0.25, 0.3) is 0 Å². The molecule has 1 aliphatic carbocycles. The molecule has 0 spiro atoms. The molecule has 1 aliphatic heterocycles. The zero-order chi connectivity index (χ0) is 11.1. The van der Waals surface area contributed by atoms with Crippen LogP contribution in [0.4, 0.5) is 8.78 Å². The van der Waals surface area contributed by atoms with Gasteiger partial charge in [-0.1, -0.05) is 0 Å². The van der Waals surface area contributed by atoms with Gasteiger partial charge in [0.15, 0.2) is 0 Å². The summed E-state index contributed by atoms with van der Waals surface area (Å²) < 4.78 is 26.4. The maximum Gasteiger partial charge on any atom is 0.311 e. The van der Waals surface area contributed by atoms with E-state index in [2.05, 4.69) is 5.32 Å². The summed E-state index contributed by atoms with van der Waals surface area (Å²) in [5.74, 6) is -3.96. The van der Waals surface area contributed by atoms with Crippen molar-refractivity contribution in [1.82, 2.24) is 5.32 Å². The highest BCUT2D eigenvalue weighted by molar-refractivity contribution is 5.85. The molecule has 2 aliphatic rings. The van der Waals surface area contributed by atoms with Crippen molar-refractivity contribution >= 4 is 18.4 Å². The Hall–Kier alpha value is -0.420. The second-order valence-electron chi connectivity index (χ2n) is 4.68. The van der Waals surface area contributed by atoms with Crippen molar-refractivity contribution in [3.05, 3.63) is 0 Å². The average Bonchev–Trinajstić information content (AvgIpc) is 2.16. The van der Waals surface area contributed by atoms with E-state index in [9.17, 15) is 18.7 Å². The highest BCUT2D eigenvalue weighted by Crippen LogP contribution is 2.50. The Bertz CT molecular complexity index is 288. The summed E-state index contributed by atoms with van der Waals surface area (Å²) in [5.41, 5.74) is -0.945. The third-order valence-corrected chi connectivity index (χ3v) is 3.80. The van der Waals surface area contributed by atoms with E-state index < -0.39 is 17.3 Å². The van der Waals surface area contributed by atoms with Crippen LogP contribution in [0.15, 0.2) is 0 Å². The van der Waals surface area contributed by atoms with Crippen LogP contribution < -0.4 is 5.32 Å². The molecule has 0 aromatic rings. The summed E-state index contributed by atoms with van der Waals surface area (Å²) in [4.78, 5) is 11.2. The number of nitrogens with one attached hydrogen (secondary N) is 1. The molecule has 94 valence electrons. The van der Waals surface area contributed by atoms with Gasteiger partial charge in [0.2, 0.25) is 5.92 Å². The van der Waals surface area contributed by atoms with Gasteiger partial charge in [0, 0.05) is 19.4 Å². The predicted molar refractivity (Wildman–Crippen MR) is 57.1 cm³/mol. The van der Waals surface area contributed by atoms with Crippen LogP contribution in [0.1, 0.15) is 25.7 Å². The highest BCUT2D eigenvalue weighted by Gasteiger charge is 2.55. The largest absolute Gasteiger partial charge is 0.481 e. The molecule has 2 N–H and O–H groups in total. The molecule has 0 bridgehead atoms. The van der Waals surface area contributed by atoms with Crippen LogP contribution in [0.5, 0.6) is 0 Å². The Labute approximate surface area is 99.0 Å². The Morgan fingerprint density at radius 3 is 2.69 bits per heavy atom. The second kappa shape index (κ2) is 4.45. The maximum atomic E-state index is 13.2. The number of carboxylic acids is 1. The van der Waals surface area contributed by atoms with Gasteiger partial charge in [0.1, 0.15) is 0 Å². The van der Waals surface area contributed by atoms with E-state index in [1.807, 2.05) is 0 Å². The smallest absolute Gasteiger partial charge is 0.311 e. The summed E-state index contributed by atoms with van der Waals surface area (Å²) >= 11 is 0. The van der Waals surface area contributed by atoms with Crippen molar-refractivity contribution in [2.24, 2.45) is 11.3 Å². The monoisotopic (exact) mass is 255 g/mol. The van der Waals surface area contributed by atoms with Crippen LogP contribution in [-0.2, 0) is 4.79 Å². The molecule has 1 saturated carbocycles. The van der Waals surface area contributed by atoms with Crippen LogP contribution in [0.2, 0.25) is 0 Å². The zero-order valence-corrected chi connectivity index (χ0v) is 9.66. The number of carbonyl (C=O) groups is 1. The molecular formula is C10H16ClF2NO2. The van der Waals surface area contributed by atoms with Gasteiger partial charge in [-0.05, 0) is 25.3 Å². The molecule has 2 atom stereocenters. The summed E-state index contributed by atoms with van der Waals surface area (Å²) in [6.07, 6.45) is 0.0767. The van der Waals surface area contributed by atoms with Gasteiger partial charge in [0.05, 0.1) is 5.41 Å². The van der Waals surface area contributed by atoms with E-state index in [-0.39, 0.29) is 37.6 Å². The summed E-state index contributed by atoms with van der Waals surface area (Å²) in [5, 5.41) is 12.2. The minimum atomic E-state index is -2.67.